The van der Waals surface area contributed by atoms with Gasteiger partial charge >= 0.3 is 39.5 Å². The Bertz CT molecular complexity index is 2230. The van der Waals surface area contributed by atoms with E-state index in [0.717, 1.165) is 128 Å². The Morgan fingerprint density at radius 3 is 0.820 bits per heavy atom. The number of aliphatic hydroxyl groups excluding tert-OH is 1. The number of carbonyl (C=O) groups is 4. The Balaban J connectivity index is 5.41. The molecule has 0 radical (unpaired) electrons. The standard InChI is InChI=1S/C81H144O17P2/c1-5-9-13-17-21-25-29-33-36-37-40-44-48-52-56-60-64-68-81(86)98-77(72-92-79(84)66-62-58-54-50-46-42-38-34-30-26-22-18-14-10-6-2)74-96-100(89,90)94-70-75(82)69-93-99(87,88)95-73-76(71-91-78(83)65-61-57-53-49-45-41-32-28-24-20-16-12-8-4)97-80(85)67-63-59-55-51-47-43-39-35-31-27-23-19-15-11-7-3/h21,23,25,27,33-36,38-40,44,52,56,75-77,82H,5-20,22,24,26,28-32,37,41-43,45-51,53-55,57-74H2,1-4H3,(H,87,88)(H,89,90)/b25-21-,27-23-,36-33-,38-34-,39-35-,44-40-,56-52-/t75-,76+,77+/m0/s1. The predicted octanol–water partition coefficient (Wildman–Crippen LogP) is 23.0. The molecule has 3 N–H and O–H groups in total. The quantitative estimate of drug-likeness (QED) is 0.0169. The molecular formula is C81H144O17P2. The minimum Gasteiger partial charge on any atom is -0.462 e. The molecule has 19 heteroatoms. The average molecular weight is 1450 g/mol. The fourth-order valence-corrected chi connectivity index (χ4v) is 12.3. The summed E-state index contributed by atoms with van der Waals surface area (Å²) in [4.78, 5) is 72.9. The number of aliphatic hydroxyl groups is 1. The molecule has 0 fully saturated rings. The van der Waals surface area contributed by atoms with Crippen molar-refractivity contribution in [3.8, 4) is 0 Å². The molecule has 0 spiro atoms. The summed E-state index contributed by atoms with van der Waals surface area (Å²) in [6.07, 6.45) is 75.7. The van der Waals surface area contributed by atoms with Gasteiger partial charge in [-0.15, -0.1) is 0 Å². The first-order valence-corrected chi connectivity index (χ1v) is 42.8. The third-order valence-corrected chi connectivity index (χ3v) is 18.7. The van der Waals surface area contributed by atoms with E-state index in [4.69, 9.17) is 37.0 Å². The number of hydrogen-bond acceptors (Lipinski definition) is 15. The van der Waals surface area contributed by atoms with Gasteiger partial charge in [0.2, 0.25) is 0 Å². The Kier molecular flexibility index (Phi) is 70.8. The Morgan fingerprint density at radius 1 is 0.280 bits per heavy atom. The normalized spacial score (nSPS) is 14.3. The van der Waals surface area contributed by atoms with Crippen LogP contribution < -0.4 is 0 Å². The molecule has 0 aromatic rings. The molecule has 580 valence electrons. The van der Waals surface area contributed by atoms with Gasteiger partial charge in [0, 0.05) is 25.7 Å². The Morgan fingerprint density at radius 2 is 0.500 bits per heavy atom. The van der Waals surface area contributed by atoms with E-state index in [1.54, 1.807) is 0 Å². The monoisotopic (exact) mass is 1450 g/mol. The second-order valence-electron chi connectivity index (χ2n) is 26.7. The van der Waals surface area contributed by atoms with Gasteiger partial charge in [0.25, 0.3) is 0 Å². The van der Waals surface area contributed by atoms with Gasteiger partial charge in [-0.3, -0.25) is 37.3 Å². The van der Waals surface area contributed by atoms with E-state index < -0.39 is 97.5 Å². The molecule has 0 bridgehead atoms. The van der Waals surface area contributed by atoms with Gasteiger partial charge in [0.1, 0.15) is 19.3 Å². The number of phosphoric ester groups is 2. The van der Waals surface area contributed by atoms with Crippen molar-refractivity contribution in [3.63, 3.8) is 0 Å². The number of unbranched alkanes of at least 4 members (excludes halogenated alkanes) is 35. The summed E-state index contributed by atoms with van der Waals surface area (Å²) in [5, 5.41) is 10.6. The minimum absolute atomic E-state index is 0.0190. The molecule has 0 rings (SSSR count). The third kappa shape index (κ3) is 72.6. The van der Waals surface area contributed by atoms with Crippen LogP contribution >= 0.6 is 15.6 Å². The number of esters is 4. The summed E-state index contributed by atoms with van der Waals surface area (Å²) in [5.41, 5.74) is 0. The van der Waals surface area contributed by atoms with Gasteiger partial charge in [-0.25, -0.2) is 9.13 Å². The maximum absolute atomic E-state index is 13.1. The lowest BCUT2D eigenvalue weighted by molar-refractivity contribution is -0.161. The first-order valence-electron chi connectivity index (χ1n) is 39.8. The molecular weight excluding hydrogens is 1310 g/mol. The second kappa shape index (κ2) is 73.5. The highest BCUT2D eigenvalue weighted by molar-refractivity contribution is 7.47. The SMILES string of the molecule is CCCCC/C=C\C/C=C\C/C=C\C/C=C\CCCC(=O)O[C@H](COC(=O)CCCCCCC/C=C\CCCCCCCC)COP(=O)(O)OC[C@@H](O)COP(=O)(O)OC[C@@H](COC(=O)CCCCCCCCCCCCCCC)OC(=O)CCCCCCC/C=C\C/C=C\CCCCC. The lowest BCUT2D eigenvalue weighted by Crippen LogP contribution is -2.30. The summed E-state index contributed by atoms with van der Waals surface area (Å²) in [7, 11) is -9.97. The largest absolute Gasteiger partial charge is 0.472 e. The van der Waals surface area contributed by atoms with Crippen LogP contribution in [-0.2, 0) is 65.4 Å². The van der Waals surface area contributed by atoms with E-state index in [2.05, 4.69) is 101 Å². The molecule has 0 aliphatic rings. The maximum atomic E-state index is 13.1. The lowest BCUT2D eigenvalue weighted by atomic mass is 10.0. The number of phosphoric acid groups is 2. The zero-order valence-corrected chi connectivity index (χ0v) is 65.2. The average Bonchev–Trinajstić information content (AvgIpc) is 1.22. The third-order valence-electron chi connectivity index (χ3n) is 16.8. The van der Waals surface area contributed by atoms with Gasteiger partial charge < -0.3 is 33.8 Å². The topological polar surface area (TPSA) is 237 Å². The highest BCUT2D eigenvalue weighted by atomic mass is 31.2. The van der Waals surface area contributed by atoms with E-state index in [0.29, 0.717) is 32.1 Å². The second-order valence-corrected chi connectivity index (χ2v) is 29.6. The van der Waals surface area contributed by atoms with E-state index >= 15 is 0 Å². The Labute approximate surface area is 608 Å². The lowest BCUT2D eigenvalue weighted by Gasteiger charge is -2.21. The molecule has 0 aliphatic heterocycles. The summed E-state index contributed by atoms with van der Waals surface area (Å²) >= 11 is 0. The van der Waals surface area contributed by atoms with Crippen LogP contribution in [0.15, 0.2) is 85.1 Å². The highest BCUT2D eigenvalue weighted by Crippen LogP contribution is 2.45. The molecule has 2 unspecified atom stereocenters. The van der Waals surface area contributed by atoms with E-state index in [-0.39, 0.29) is 25.7 Å². The maximum Gasteiger partial charge on any atom is 0.472 e. The van der Waals surface area contributed by atoms with Crippen molar-refractivity contribution in [2.45, 2.75) is 367 Å². The number of ether oxygens (including phenoxy) is 4. The zero-order valence-electron chi connectivity index (χ0n) is 63.4. The summed E-state index contributed by atoms with van der Waals surface area (Å²) < 4.78 is 68.5. The van der Waals surface area contributed by atoms with E-state index in [1.807, 2.05) is 12.2 Å². The van der Waals surface area contributed by atoms with Crippen LogP contribution in [0.1, 0.15) is 349 Å². The molecule has 0 amide bonds. The number of hydrogen-bond donors (Lipinski definition) is 3. The van der Waals surface area contributed by atoms with Gasteiger partial charge in [-0.1, -0.05) is 286 Å². The number of allylic oxidation sites excluding steroid dienone is 14. The number of carbonyl (C=O) groups excluding carboxylic acids is 4. The predicted molar refractivity (Wildman–Crippen MR) is 409 cm³/mol. The molecule has 0 aromatic carbocycles. The fourth-order valence-electron chi connectivity index (χ4n) is 10.7. The fraction of sp³-hybridized carbons (Fsp3) is 0.778. The van der Waals surface area contributed by atoms with Crippen molar-refractivity contribution in [2.24, 2.45) is 0 Å². The number of rotatable bonds is 75. The van der Waals surface area contributed by atoms with Crippen molar-refractivity contribution in [2.75, 3.05) is 39.6 Å². The van der Waals surface area contributed by atoms with E-state index in [1.165, 1.54) is 135 Å². The molecule has 0 aromatic heterocycles. The van der Waals surface area contributed by atoms with Crippen molar-refractivity contribution in [1.82, 2.24) is 0 Å². The highest BCUT2D eigenvalue weighted by Gasteiger charge is 2.30. The molecule has 100 heavy (non-hydrogen) atoms. The van der Waals surface area contributed by atoms with Crippen molar-refractivity contribution in [1.29, 1.82) is 0 Å². The van der Waals surface area contributed by atoms with Crippen LogP contribution in [0.2, 0.25) is 0 Å². The molecule has 17 nitrogen and oxygen atoms in total. The van der Waals surface area contributed by atoms with E-state index in [9.17, 15) is 43.2 Å². The van der Waals surface area contributed by atoms with Crippen LogP contribution in [0.3, 0.4) is 0 Å². The molecule has 0 saturated carbocycles. The smallest absolute Gasteiger partial charge is 0.462 e. The summed E-state index contributed by atoms with van der Waals surface area (Å²) in [5.74, 6) is -2.24. The summed E-state index contributed by atoms with van der Waals surface area (Å²) in [6, 6.07) is 0. The first kappa shape index (κ1) is 96.2. The minimum atomic E-state index is -4.99. The molecule has 0 heterocycles. The molecule has 5 atom stereocenters. The molecule has 0 aliphatic carbocycles. The Hall–Kier alpha value is -3.76. The first-order chi connectivity index (χ1) is 48.7. The van der Waals surface area contributed by atoms with Crippen molar-refractivity contribution in [3.05, 3.63) is 85.1 Å². The van der Waals surface area contributed by atoms with Gasteiger partial charge in [0.05, 0.1) is 26.4 Å². The van der Waals surface area contributed by atoms with Gasteiger partial charge in [-0.2, -0.15) is 0 Å². The summed E-state index contributed by atoms with van der Waals surface area (Å²) in [6.45, 7) is 4.77. The van der Waals surface area contributed by atoms with Crippen LogP contribution in [0.4, 0.5) is 0 Å². The van der Waals surface area contributed by atoms with Crippen molar-refractivity contribution < 1.29 is 80.2 Å². The molecule has 0 saturated heterocycles. The van der Waals surface area contributed by atoms with Crippen LogP contribution in [-0.4, -0.2) is 96.7 Å². The van der Waals surface area contributed by atoms with Crippen molar-refractivity contribution >= 4 is 39.5 Å². The van der Waals surface area contributed by atoms with Gasteiger partial charge in [-0.05, 0) is 122 Å². The van der Waals surface area contributed by atoms with Crippen LogP contribution in [0.25, 0.3) is 0 Å². The van der Waals surface area contributed by atoms with Gasteiger partial charge in [0.15, 0.2) is 12.2 Å². The zero-order chi connectivity index (χ0) is 73.2. The van der Waals surface area contributed by atoms with Crippen LogP contribution in [0, 0.1) is 0 Å². The van der Waals surface area contributed by atoms with Crippen LogP contribution in [0.5, 0.6) is 0 Å².